The standard InChI is InChI=1S/C17H18F3NO6/c1-24-7-10-8-27-16(23)21(10)13-9-26-14-6-11(2-3-12(13)14)25-5-4-15(22)17(18,19)20/h2-3,6,9-10,15,22H,4-5,7-8H2,1H3/t10-,15?/m1/s1. The Morgan fingerprint density at radius 1 is 1.41 bits per heavy atom. The van der Waals surface area contributed by atoms with Gasteiger partial charge in [0.25, 0.3) is 0 Å². The first-order chi connectivity index (χ1) is 12.8. The highest BCUT2D eigenvalue weighted by Crippen LogP contribution is 2.35. The smallest absolute Gasteiger partial charge is 0.414 e. The number of furan rings is 1. The molecule has 1 aromatic carbocycles. The molecule has 1 saturated heterocycles. The third-order valence-corrected chi connectivity index (χ3v) is 4.14. The normalized spacial score (nSPS) is 18.8. The van der Waals surface area contributed by atoms with Gasteiger partial charge in [0.15, 0.2) is 6.10 Å². The van der Waals surface area contributed by atoms with Crippen molar-refractivity contribution in [3.8, 4) is 5.75 Å². The summed E-state index contributed by atoms with van der Waals surface area (Å²) in [6, 6.07) is 4.40. The van der Waals surface area contributed by atoms with Crippen LogP contribution in [0.1, 0.15) is 6.42 Å². The SMILES string of the molecule is COC[C@@H]1COC(=O)N1c1coc2cc(OCCC(O)C(F)(F)F)ccc12. The van der Waals surface area contributed by atoms with Crippen molar-refractivity contribution in [2.75, 3.05) is 31.8 Å². The number of hydrogen-bond acceptors (Lipinski definition) is 6. The molecule has 0 saturated carbocycles. The number of cyclic esters (lactones) is 1. The van der Waals surface area contributed by atoms with Crippen LogP contribution in [0.15, 0.2) is 28.9 Å². The quantitative estimate of drug-likeness (QED) is 0.784. The van der Waals surface area contributed by atoms with Crippen LogP contribution in [0.5, 0.6) is 5.75 Å². The highest BCUT2D eigenvalue weighted by Gasteiger charge is 2.38. The minimum Gasteiger partial charge on any atom is -0.493 e. The lowest BCUT2D eigenvalue weighted by Gasteiger charge is -2.19. The summed E-state index contributed by atoms with van der Waals surface area (Å²) in [6.07, 6.45) is -6.80. The van der Waals surface area contributed by atoms with E-state index in [-0.39, 0.29) is 25.0 Å². The summed E-state index contributed by atoms with van der Waals surface area (Å²) in [5.74, 6) is 0.287. The van der Waals surface area contributed by atoms with Crippen LogP contribution in [0.4, 0.5) is 23.7 Å². The first-order valence-corrected chi connectivity index (χ1v) is 8.15. The average Bonchev–Trinajstić information content (AvgIpc) is 3.17. The molecule has 1 aliphatic heterocycles. The number of fused-ring (bicyclic) bond motifs is 1. The van der Waals surface area contributed by atoms with Gasteiger partial charge >= 0.3 is 12.3 Å². The predicted octanol–water partition coefficient (Wildman–Crippen LogP) is 3.10. The number of benzene rings is 1. The van der Waals surface area contributed by atoms with Gasteiger partial charge in [-0.2, -0.15) is 13.2 Å². The highest BCUT2D eigenvalue weighted by molar-refractivity contribution is 6.01. The zero-order valence-electron chi connectivity index (χ0n) is 14.4. The van der Waals surface area contributed by atoms with E-state index in [1.54, 1.807) is 12.1 Å². The fourth-order valence-electron chi connectivity index (χ4n) is 2.79. The van der Waals surface area contributed by atoms with Crippen molar-refractivity contribution in [3.05, 3.63) is 24.5 Å². The Labute approximate surface area is 152 Å². The van der Waals surface area contributed by atoms with E-state index in [1.807, 2.05) is 0 Å². The molecule has 0 spiro atoms. The molecule has 1 N–H and O–H groups in total. The second-order valence-electron chi connectivity index (χ2n) is 6.03. The maximum atomic E-state index is 12.3. The number of carbonyl (C=O) groups is 1. The Hall–Kier alpha value is -2.46. The van der Waals surface area contributed by atoms with Gasteiger partial charge in [-0.15, -0.1) is 0 Å². The Morgan fingerprint density at radius 3 is 2.89 bits per heavy atom. The molecule has 2 heterocycles. The molecule has 0 radical (unpaired) electrons. The van der Waals surface area contributed by atoms with E-state index in [1.165, 1.54) is 24.3 Å². The van der Waals surface area contributed by atoms with Crippen molar-refractivity contribution in [2.24, 2.45) is 0 Å². The number of halogens is 3. The number of rotatable bonds is 7. The molecule has 1 aliphatic rings. The van der Waals surface area contributed by atoms with E-state index in [2.05, 4.69) is 0 Å². The van der Waals surface area contributed by atoms with Crippen LogP contribution in [0.25, 0.3) is 11.0 Å². The maximum Gasteiger partial charge on any atom is 0.414 e. The molecule has 7 nitrogen and oxygen atoms in total. The van der Waals surface area contributed by atoms with Gasteiger partial charge < -0.3 is 23.7 Å². The average molecular weight is 389 g/mol. The molecule has 148 valence electrons. The maximum absolute atomic E-state index is 12.3. The third kappa shape index (κ3) is 4.11. The predicted molar refractivity (Wildman–Crippen MR) is 87.9 cm³/mol. The van der Waals surface area contributed by atoms with E-state index in [9.17, 15) is 18.0 Å². The number of ether oxygens (including phenoxy) is 3. The zero-order chi connectivity index (χ0) is 19.6. The number of aliphatic hydroxyl groups excluding tert-OH is 1. The third-order valence-electron chi connectivity index (χ3n) is 4.14. The molecule has 10 heteroatoms. The monoisotopic (exact) mass is 389 g/mol. The molecule has 27 heavy (non-hydrogen) atoms. The van der Waals surface area contributed by atoms with Crippen LogP contribution in [0, 0.1) is 0 Å². The molecule has 3 rings (SSSR count). The molecule has 1 unspecified atom stereocenters. The molecule has 2 atom stereocenters. The van der Waals surface area contributed by atoms with E-state index < -0.39 is 24.8 Å². The second kappa shape index (κ2) is 7.65. The first-order valence-electron chi connectivity index (χ1n) is 8.15. The summed E-state index contributed by atoms with van der Waals surface area (Å²) in [7, 11) is 1.52. The number of alkyl halides is 3. The van der Waals surface area contributed by atoms with Crippen LogP contribution in [0.2, 0.25) is 0 Å². The molecule has 0 bridgehead atoms. The number of amides is 1. The Balaban J connectivity index is 1.72. The number of aliphatic hydroxyl groups is 1. The molecular formula is C17H18F3NO6. The summed E-state index contributed by atoms with van der Waals surface area (Å²) in [5.41, 5.74) is 0.906. The number of anilines is 1. The summed E-state index contributed by atoms with van der Waals surface area (Å²) in [4.78, 5) is 13.5. The van der Waals surface area contributed by atoms with Crippen LogP contribution >= 0.6 is 0 Å². The van der Waals surface area contributed by atoms with Gasteiger partial charge in [-0.3, -0.25) is 4.90 Å². The van der Waals surface area contributed by atoms with Gasteiger partial charge in [0.2, 0.25) is 0 Å². The minimum atomic E-state index is -4.67. The summed E-state index contributed by atoms with van der Waals surface area (Å²) >= 11 is 0. The van der Waals surface area contributed by atoms with Gasteiger partial charge in [-0.25, -0.2) is 4.79 Å². The van der Waals surface area contributed by atoms with E-state index in [0.29, 0.717) is 23.3 Å². The van der Waals surface area contributed by atoms with Gasteiger partial charge in [-0.05, 0) is 12.1 Å². The van der Waals surface area contributed by atoms with Crippen molar-refractivity contribution in [2.45, 2.75) is 24.7 Å². The molecular weight excluding hydrogens is 371 g/mol. The van der Waals surface area contributed by atoms with Gasteiger partial charge in [0.05, 0.1) is 24.9 Å². The topological polar surface area (TPSA) is 81.4 Å². The van der Waals surface area contributed by atoms with Gasteiger partial charge in [0, 0.05) is 25.0 Å². The largest absolute Gasteiger partial charge is 0.493 e. The Bertz CT molecular complexity index is 806. The molecule has 0 aliphatic carbocycles. The van der Waals surface area contributed by atoms with Crippen molar-refractivity contribution in [1.82, 2.24) is 0 Å². The van der Waals surface area contributed by atoms with Crippen LogP contribution in [-0.2, 0) is 9.47 Å². The molecule has 1 fully saturated rings. The molecule has 2 aromatic rings. The van der Waals surface area contributed by atoms with Crippen molar-refractivity contribution >= 4 is 22.7 Å². The minimum absolute atomic E-state index is 0.197. The van der Waals surface area contributed by atoms with Crippen molar-refractivity contribution in [3.63, 3.8) is 0 Å². The summed E-state index contributed by atoms with van der Waals surface area (Å²) in [5, 5.41) is 9.59. The summed E-state index contributed by atoms with van der Waals surface area (Å²) in [6.45, 7) is 0.178. The van der Waals surface area contributed by atoms with E-state index in [4.69, 9.17) is 23.7 Å². The molecule has 1 aromatic heterocycles. The Morgan fingerprint density at radius 2 is 2.19 bits per heavy atom. The lowest BCUT2D eigenvalue weighted by molar-refractivity contribution is -0.206. The van der Waals surface area contributed by atoms with Crippen molar-refractivity contribution in [1.29, 1.82) is 0 Å². The van der Waals surface area contributed by atoms with E-state index in [0.717, 1.165) is 0 Å². The first kappa shape index (κ1) is 19.3. The van der Waals surface area contributed by atoms with Crippen LogP contribution < -0.4 is 9.64 Å². The van der Waals surface area contributed by atoms with Crippen LogP contribution in [0.3, 0.4) is 0 Å². The number of hydrogen-bond donors (Lipinski definition) is 1. The number of carbonyl (C=O) groups excluding carboxylic acids is 1. The zero-order valence-corrected chi connectivity index (χ0v) is 14.4. The van der Waals surface area contributed by atoms with Crippen LogP contribution in [-0.4, -0.2) is 56.5 Å². The highest BCUT2D eigenvalue weighted by atomic mass is 19.4. The lowest BCUT2D eigenvalue weighted by Crippen LogP contribution is -2.36. The number of methoxy groups -OCH3 is 1. The fourth-order valence-corrected chi connectivity index (χ4v) is 2.79. The van der Waals surface area contributed by atoms with E-state index >= 15 is 0 Å². The van der Waals surface area contributed by atoms with Gasteiger partial charge in [0.1, 0.15) is 24.2 Å². The lowest BCUT2D eigenvalue weighted by atomic mass is 10.2. The fraction of sp³-hybridized carbons (Fsp3) is 0.471. The Kier molecular flexibility index (Phi) is 5.47. The number of nitrogens with zero attached hydrogens (tertiary/aromatic N) is 1. The second-order valence-corrected chi connectivity index (χ2v) is 6.03. The molecule has 1 amide bonds. The van der Waals surface area contributed by atoms with Crippen molar-refractivity contribution < 1.29 is 41.7 Å². The summed E-state index contributed by atoms with van der Waals surface area (Å²) < 4.78 is 57.7. The van der Waals surface area contributed by atoms with Gasteiger partial charge in [-0.1, -0.05) is 0 Å².